The summed E-state index contributed by atoms with van der Waals surface area (Å²) in [6.45, 7) is 2.65. The van der Waals surface area contributed by atoms with Gasteiger partial charge in [0.25, 0.3) is 17.4 Å². The van der Waals surface area contributed by atoms with E-state index < -0.39 is 70.8 Å². The maximum absolute atomic E-state index is 15.5. The van der Waals surface area contributed by atoms with Crippen molar-refractivity contribution in [3.63, 3.8) is 0 Å². The van der Waals surface area contributed by atoms with Crippen LogP contribution in [0.4, 0.5) is 4.39 Å². The Bertz CT molecular complexity index is 3490. The minimum Gasteiger partial charge on any atom is -0.458 e. The number of benzene rings is 2. The molecule has 1 saturated carbocycles. The zero-order valence-electron chi connectivity index (χ0n) is 49.7. The molecule has 4 aromatic rings. The van der Waals surface area contributed by atoms with Gasteiger partial charge in [0.1, 0.15) is 25.6 Å². The first kappa shape index (κ1) is 64.3. The van der Waals surface area contributed by atoms with Crippen molar-refractivity contribution in [2.75, 3.05) is 72.9 Å². The number of rotatable bonds is 30. The highest BCUT2D eigenvalue weighted by Crippen LogP contribution is 2.47. The molecule has 0 radical (unpaired) electrons. The average molecular weight is 1220 g/mol. The molecule has 3 atom stereocenters. The van der Waals surface area contributed by atoms with Crippen LogP contribution in [0.3, 0.4) is 0 Å². The van der Waals surface area contributed by atoms with Crippen LogP contribution in [0.2, 0.25) is 0 Å². The Hall–Kier alpha value is -8.19. The topological polar surface area (TPSA) is 305 Å². The molecule has 88 heavy (non-hydrogen) atoms. The number of halogens is 1. The molecular formula is C64H74FN7O16. The summed E-state index contributed by atoms with van der Waals surface area (Å²) in [5.41, 5.74) is 2.13. The molecular weight excluding hydrogens is 1140 g/mol. The van der Waals surface area contributed by atoms with E-state index in [4.69, 9.17) is 23.9 Å². The minimum atomic E-state index is -2.05. The van der Waals surface area contributed by atoms with E-state index >= 15 is 4.39 Å². The summed E-state index contributed by atoms with van der Waals surface area (Å²) in [5, 5.41) is 20.1. The fourth-order valence-electron chi connectivity index (χ4n) is 12.3. The lowest BCUT2D eigenvalue weighted by molar-refractivity contribution is -0.172. The van der Waals surface area contributed by atoms with Crippen molar-refractivity contribution in [1.29, 1.82) is 0 Å². The van der Waals surface area contributed by atoms with Gasteiger partial charge in [-0.15, -0.1) is 0 Å². The molecule has 23 nitrogen and oxygen atoms in total. The number of carbonyl (C=O) groups excluding carboxylic acids is 10. The molecule has 5 aliphatic rings. The van der Waals surface area contributed by atoms with Crippen LogP contribution in [0.1, 0.15) is 116 Å². The highest BCUT2D eigenvalue weighted by molar-refractivity contribution is 6.13. The molecule has 0 bridgehead atoms. The Balaban J connectivity index is 0.674. The lowest BCUT2D eigenvalue weighted by Crippen LogP contribution is -2.44. The number of nitrogens with zero attached hydrogens (tertiary/aromatic N) is 4. The highest BCUT2D eigenvalue weighted by atomic mass is 19.1. The summed E-state index contributed by atoms with van der Waals surface area (Å²) in [7, 11) is 1.62. The summed E-state index contributed by atoms with van der Waals surface area (Å²) in [6.07, 6.45) is 5.57. The number of likely N-dealkylation sites (N-methyl/N-ethyl adjacent to an activating group) is 1. The lowest BCUT2D eigenvalue weighted by Gasteiger charge is -2.35. The Morgan fingerprint density at radius 1 is 0.818 bits per heavy atom. The van der Waals surface area contributed by atoms with Gasteiger partial charge in [-0.1, -0.05) is 37.3 Å². The zero-order valence-corrected chi connectivity index (χ0v) is 49.7. The van der Waals surface area contributed by atoms with Gasteiger partial charge in [0.2, 0.25) is 23.6 Å². The molecule has 3 aliphatic heterocycles. The molecule has 0 unspecified atom stereocenters. The third kappa shape index (κ3) is 14.7. The first-order chi connectivity index (χ1) is 42.3. The number of ether oxygens (including phenoxy) is 4. The van der Waals surface area contributed by atoms with Crippen molar-refractivity contribution in [2.24, 2.45) is 17.8 Å². The van der Waals surface area contributed by atoms with Gasteiger partial charge >= 0.3 is 5.97 Å². The van der Waals surface area contributed by atoms with Gasteiger partial charge in [-0.05, 0) is 92.5 Å². The SMILES string of the molecule is CC[C@@]1(O)C(=O)OCc2c1cc1n(c2=O)Cc2c-1nc1cc(F)c(C)c3c1c2[C@@H](N(C)C(=O)COCCC(=O)CNC(=O)[C@@H](CC(=O)CNC(=O)CCC(=O)COCCOCCNC(=O)C1CCC(CN2C(=O)C=CC2=O)CC1)Cc1ccccc1)CC3. The lowest BCUT2D eigenvalue weighted by atomic mass is 9.81. The van der Waals surface area contributed by atoms with E-state index in [1.54, 1.807) is 57.3 Å². The Morgan fingerprint density at radius 2 is 1.53 bits per heavy atom. The maximum Gasteiger partial charge on any atom is 0.343 e. The summed E-state index contributed by atoms with van der Waals surface area (Å²) in [4.78, 5) is 150. The van der Waals surface area contributed by atoms with Crippen molar-refractivity contribution < 1.29 is 76.4 Å². The van der Waals surface area contributed by atoms with Crippen molar-refractivity contribution in [1.82, 2.24) is 35.3 Å². The predicted octanol–water partition coefficient (Wildman–Crippen LogP) is 3.23. The van der Waals surface area contributed by atoms with E-state index in [-0.39, 0.29) is 144 Å². The predicted molar refractivity (Wildman–Crippen MR) is 313 cm³/mol. The van der Waals surface area contributed by atoms with Crippen LogP contribution in [0.5, 0.6) is 0 Å². The second-order valence-corrected chi connectivity index (χ2v) is 23.2. The van der Waals surface area contributed by atoms with E-state index in [9.17, 15) is 57.8 Å². The summed E-state index contributed by atoms with van der Waals surface area (Å²) in [5.74, 6) is -5.56. The number of hydrogen-bond acceptors (Lipinski definition) is 17. The van der Waals surface area contributed by atoms with Crippen LogP contribution < -0.4 is 21.5 Å². The molecule has 2 aliphatic carbocycles. The number of imide groups is 1. The van der Waals surface area contributed by atoms with Gasteiger partial charge in [0.15, 0.2) is 23.0 Å². The van der Waals surface area contributed by atoms with Crippen LogP contribution in [0, 0.1) is 30.5 Å². The molecule has 4 N–H and O–H groups in total. The number of Topliss-reactive ketones (excluding diaryl/α,β-unsaturated/α-hetero) is 3. The number of fused-ring (bicyclic) bond motifs is 5. The first-order valence-electron chi connectivity index (χ1n) is 30.0. The smallest absolute Gasteiger partial charge is 0.343 e. The zero-order chi connectivity index (χ0) is 62.8. The number of ketones is 3. The molecule has 5 heterocycles. The second-order valence-electron chi connectivity index (χ2n) is 23.2. The highest BCUT2D eigenvalue weighted by Gasteiger charge is 2.46. The number of amides is 6. The van der Waals surface area contributed by atoms with Gasteiger partial charge in [-0.25, -0.2) is 14.2 Å². The number of cyclic esters (lactones) is 1. The molecule has 468 valence electrons. The number of aromatic nitrogens is 2. The standard InChI is InChI=1S/C64H74FN7O16/c1-4-64(84)48-28-52-59-46(33-71(52)62(82)47(48)35-88-63(64)83)58-51(16-15-45-37(2)49(65)29-50(69-59)57(45)58)70(3)56(79)36-86-22-20-42(73)30-68-61(81)41(26-38-8-6-5-7-9-38)27-44(75)31-67-53(76)17-14-43(74)34-87-25-24-85-23-21-66-60(80)40-12-10-39(11-13-40)32-72-54(77)18-19-55(72)78/h5-9,18-19,28-29,39-41,51,84H,4,10-17,20-27,30-36H2,1-3H3,(H,66,80)(H,67,76)(H,68,81)/t39?,40?,41-,51+,64+/m1/s1. The molecule has 2 aromatic heterocycles. The van der Waals surface area contributed by atoms with Crippen LogP contribution in [0.25, 0.3) is 22.3 Å². The fourth-order valence-corrected chi connectivity index (χ4v) is 12.3. The summed E-state index contributed by atoms with van der Waals surface area (Å²) >= 11 is 0. The molecule has 6 amide bonds. The second kappa shape index (κ2) is 28.8. The van der Waals surface area contributed by atoms with E-state index in [0.717, 1.165) is 24.0 Å². The molecule has 24 heteroatoms. The molecule has 1 fully saturated rings. The number of esters is 1. The van der Waals surface area contributed by atoms with Gasteiger partial charge in [-0.2, -0.15) is 0 Å². The third-order valence-corrected chi connectivity index (χ3v) is 17.4. The quantitative estimate of drug-likeness (QED) is 0.0291. The minimum absolute atomic E-state index is 0.0463. The van der Waals surface area contributed by atoms with E-state index in [2.05, 4.69) is 16.0 Å². The van der Waals surface area contributed by atoms with Crippen LogP contribution in [-0.2, 0) is 98.5 Å². The fraction of sp³-hybridized carbons (Fsp3) is 0.500. The first-order valence-corrected chi connectivity index (χ1v) is 30.0. The van der Waals surface area contributed by atoms with Crippen LogP contribution >= 0.6 is 0 Å². The Morgan fingerprint density at radius 3 is 2.27 bits per heavy atom. The van der Waals surface area contributed by atoms with E-state index in [0.29, 0.717) is 77.8 Å². The molecule has 0 spiro atoms. The van der Waals surface area contributed by atoms with Gasteiger partial charge in [0.05, 0.1) is 74.6 Å². The maximum atomic E-state index is 15.5. The third-order valence-electron chi connectivity index (χ3n) is 17.4. The number of carbonyl (C=O) groups is 10. The van der Waals surface area contributed by atoms with Crippen LogP contribution in [-0.4, -0.2) is 156 Å². The average Bonchev–Trinajstić information content (AvgIpc) is 1.46. The Labute approximate surface area is 507 Å². The van der Waals surface area contributed by atoms with E-state index in [1.807, 2.05) is 0 Å². The van der Waals surface area contributed by atoms with Crippen molar-refractivity contribution >= 4 is 69.7 Å². The van der Waals surface area contributed by atoms with Crippen LogP contribution in [0.15, 0.2) is 59.4 Å². The molecule has 0 saturated heterocycles. The molecule has 2 aromatic carbocycles. The largest absolute Gasteiger partial charge is 0.458 e. The molecule has 9 rings (SSSR count). The van der Waals surface area contributed by atoms with Gasteiger partial charge < -0.3 is 49.5 Å². The van der Waals surface area contributed by atoms with Crippen molar-refractivity contribution in [2.45, 2.75) is 116 Å². The number of nitrogens with one attached hydrogen (secondary N) is 3. The summed E-state index contributed by atoms with van der Waals surface area (Å²) < 4.78 is 38.8. The monoisotopic (exact) mass is 1220 g/mol. The van der Waals surface area contributed by atoms with Gasteiger partial charge in [0, 0.05) is 92.4 Å². The number of pyridine rings is 2. The summed E-state index contributed by atoms with van der Waals surface area (Å²) in [6, 6.07) is 11.3. The Kier molecular flexibility index (Phi) is 21.0. The number of aliphatic hydroxyl groups is 1. The normalized spacial score (nSPS) is 19.4. The number of hydrogen-bond donors (Lipinski definition) is 4. The van der Waals surface area contributed by atoms with E-state index in [1.165, 1.54) is 32.6 Å². The van der Waals surface area contributed by atoms with Crippen molar-refractivity contribution in [3.8, 4) is 11.4 Å². The van der Waals surface area contributed by atoms with Gasteiger partial charge in [-0.3, -0.25) is 52.8 Å². The van der Waals surface area contributed by atoms with Crippen molar-refractivity contribution in [3.05, 3.63) is 110 Å². The number of aryl methyl sites for hydroxylation is 1.